The van der Waals surface area contributed by atoms with Crippen molar-refractivity contribution >= 4 is 10.8 Å². The topological polar surface area (TPSA) is 38.3 Å². The molecule has 1 aliphatic rings. The number of hydrogen-bond acceptors (Lipinski definition) is 3. The van der Waals surface area contributed by atoms with Crippen LogP contribution in [0.15, 0.2) is 24.3 Å². The van der Waals surface area contributed by atoms with Crippen molar-refractivity contribution in [3.8, 4) is 5.75 Å². The van der Waals surface area contributed by atoms with Gasteiger partial charge < -0.3 is 10.1 Å². The molecule has 1 aromatic carbocycles. The van der Waals surface area contributed by atoms with Crippen LogP contribution in [-0.2, 0) is 17.3 Å². The second kappa shape index (κ2) is 8.42. The molecule has 0 aromatic heterocycles. The Hall–Kier alpha value is -0.870. The number of rotatable bonds is 7. The van der Waals surface area contributed by atoms with Crippen LogP contribution in [0.1, 0.15) is 38.2 Å². The van der Waals surface area contributed by atoms with E-state index in [1.807, 2.05) is 12.1 Å². The quantitative estimate of drug-likeness (QED) is 0.786. The zero-order valence-electron chi connectivity index (χ0n) is 12.3. The second-order valence-corrected chi connectivity index (χ2v) is 7.05. The fourth-order valence-electron chi connectivity index (χ4n) is 2.30. The fraction of sp³-hybridized carbons (Fsp3) is 0.625. The molecule has 1 saturated heterocycles. The van der Waals surface area contributed by atoms with E-state index in [0.717, 1.165) is 56.1 Å². The lowest BCUT2D eigenvalue weighted by molar-refractivity contribution is 0.309. The standard InChI is InChI=1S/C16H25NO2S/c1-2-3-10-19-16-6-4-14(5-7-16)13-17-15-8-11-20(18)12-9-15/h4-7,15,17H,2-3,8-13H2,1H3. The predicted molar refractivity (Wildman–Crippen MR) is 84.6 cm³/mol. The van der Waals surface area contributed by atoms with Crippen molar-refractivity contribution in [3.63, 3.8) is 0 Å². The molecule has 1 N–H and O–H groups in total. The lowest BCUT2D eigenvalue weighted by atomic mass is 10.1. The highest BCUT2D eigenvalue weighted by Crippen LogP contribution is 2.14. The summed E-state index contributed by atoms with van der Waals surface area (Å²) in [6.45, 7) is 3.85. The summed E-state index contributed by atoms with van der Waals surface area (Å²) in [4.78, 5) is 0. The van der Waals surface area contributed by atoms with Crippen molar-refractivity contribution in [2.75, 3.05) is 18.1 Å². The Morgan fingerprint density at radius 2 is 1.95 bits per heavy atom. The predicted octanol–water partition coefficient (Wildman–Crippen LogP) is 2.87. The third-order valence-electron chi connectivity index (χ3n) is 3.67. The number of hydrogen-bond donors (Lipinski definition) is 1. The van der Waals surface area contributed by atoms with Crippen LogP contribution >= 0.6 is 0 Å². The second-order valence-electron chi connectivity index (χ2n) is 5.35. The molecule has 3 nitrogen and oxygen atoms in total. The van der Waals surface area contributed by atoms with Gasteiger partial charge in [-0.1, -0.05) is 25.5 Å². The van der Waals surface area contributed by atoms with Gasteiger partial charge in [0.05, 0.1) is 6.61 Å². The summed E-state index contributed by atoms with van der Waals surface area (Å²) in [7, 11) is -0.573. The Morgan fingerprint density at radius 1 is 1.25 bits per heavy atom. The molecule has 20 heavy (non-hydrogen) atoms. The van der Waals surface area contributed by atoms with Gasteiger partial charge in [0.15, 0.2) is 0 Å². The van der Waals surface area contributed by atoms with Crippen molar-refractivity contribution in [1.29, 1.82) is 0 Å². The van der Waals surface area contributed by atoms with E-state index in [2.05, 4.69) is 24.4 Å². The molecule has 1 heterocycles. The first-order valence-electron chi connectivity index (χ1n) is 7.58. The first-order chi connectivity index (χ1) is 9.78. The summed E-state index contributed by atoms with van der Waals surface area (Å²) < 4.78 is 17.0. The van der Waals surface area contributed by atoms with Gasteiger partial charge in [-0.2, -0.15) is 0 Å². The summed E-state index contributed by atoms with van der Waals surface area (Å²) in [5.41, 5.74) is 1.28. The third-order valence-corrected chi connectivity index (χ3v) is 5.05. The minimum atomic E-state index is -0.573. The van der Waals surface area contributed by atoms with Gasteiger partial charge in [-0.05, 0) is 37.0 Å². The van der Waals surface area contributed by atoms with Gasteiger partial charge in [-0.25, -0.2) is 0 Å². The van der Waals surface area contributed by atoms with Gasteiger partial charge in [0, 0.05) is 34.9 Å². The van der Waals surface area contributed by atoms with Crippen LogP contribution in [0.2, 0.25) is 0 Å². The molecule has 0 radical (unpaired) electrons. The monoisotopic (exact) mass is 295 g/mol. The molecule has 0 amide bonds. The van der Waals surface area contributed by atoms with E-state index in [4.69, 9.17) is 4.74 Å². The molecule has 2 rings (SSSR count). The molecular weight excluding hydrogens is 270 g/mol. The highest BCUT2D eigenvalue weighted by Gasteiger charge is 2.16. The van der Waals surface area contributed by atoms with E-state index in [0.29, 0.717) is 6.04 Å². The summed E-state index contributed by atoms with van der Waals surface area (Å²) >= 11 is 0. The lowest BCUT2D eigenvalue weighted by Gasteiger charge is -2.22. The highest BCUT2D eigenvalue weighted by molar-refractivity contribution is 7.85. The molecule has 4 heteroatoms. The number of unbranched alkanes of at least 4 members (excludes halogenated alkanes) is 1. The van der Waals surface area contributed by atoms with Gasteiger partial charge in [-0.3, -0.25) is 4.21 Å². The van der Waals surface area contributed by atoms with Gasteiger partial charge in [-0.15, -0.1) is 0 Å². The Labute approximate surface area is 124 Å². The van der Waals surface area contributed by atoms with Crippen molar-refractivity contribution in [2.24, 2.45) is 0 Å². The van der Waals surface area contributed by atoms with Crippen LogP contribution in [0.4, 0.5) is 0 Å². The minimum Gasteiger partial charge on any atom is -0.494 e. The Bertz CT molecular complexity index is 409. The summed E-state index contributed by atoms with van der Waals surface area (Å²) in [5, 5.41) is 3.55. The van der Waals surface area contributed by atoms with Crippen molar-refractivity contribution < 1.29 is 8.95 Å². The smallest absolute Gasteiger partial charge is 0.119 e. The molecule has 0 unspecified atom stereocenters. The maximum atomic E-state index is 11.3. The Morgan fingerprint density at radius 3 is 2.60 bits per heavy atom. The van der Waals surface area contributed by atoms with E-state index in [-0.39, 0.29) is 0 Å². The van der Waals surface area contributed by atoms with E-state index >= 15 is 0 Å². The molecule has 0 aliphatic carbocycles. The maximum Gasteiger partial charge on any atom is 0.119 e. The van der Waals surface area contributed by atoms with E-state index < -0.39 is 10.8 Å². The van der Waals surface area contributed by atoms with Crippen LogP contribution in [0, 0.1) is 0 Å². The van der Waals surface area contributed by atoms with Crippen LogP contribution in [0.3, 0.4) is 0 Å². The number of ether oxygens (including phenoxy) is 1. The van der Waals surface area contributed by atoms with Gasteiger partial charge >= 0.3 is 0 Å². The normalized spacial score (nSPS) is 22.6. The first-order valence-corrected chi connectivity index (χ1v) is 9.07. The van der Waals surface area contributed by atoms with Gasteiger partial charge in [0.25, 0.3) is 0 Å². The SMILES string of the molecule is CCCCOc1ccc(CNC2CCS(=O)CC2)cc1. The molecule has 0 atom stereocenters. The molecule has 1 aliphatic heterocycles. The lowest BCUT2D eigenvalue weighted by Crippen LogP contribution is -2.35. The molecule has 112 valence electrons. The van der Waals surface area contributed by atoms with Gasteiger partial charge in [0.1, 0.15) is 5.75 Å². The first kappa shape index (κ1) is 15.5. The largest absolute Gasteiger partial charge is 0.494 e. The van der Waals surface area contributed by atoms with Crippen molar-refractivity contribution in [2.45, 2.75) is 45.2 Å². The van der Waals surface area contributed by atoms with Gasteiger partial charge in [0.2, 0.25) is 0 Å². The summed E-state index contributed by atoms with van der Waals surface area (Å²) in [6.07, 6.45) is 4.33. The fourth-order valence-corrected chi connectivity index (χ4v) is 3.60. The van der Waals surface area contributed by atoms with E-state index in [9.17, 15) is 4.21 Å². The van der Waals surface area contributed by atoms with Crippen molar-refractivity contribution in [1.82, 2.24) is 5.32 Å². The zero-order valence-corrected chi connectivity index (χ0v) is 13.1. The molecule has 0 saturated carbocycles. The average Bonchev–Trinajstić information content (AvgIpc) is 2.48. The van der Waals surface area contributed by atoms with Crippen LogP contribution in [0.25, 0.3) is 0 Å². The van der Waals surface area contributed by atoms with Crippen LogP contribution in [-0.4, -0.2) is 28.4 Å². The molecule has 1 aromatic rings. The summed E-state index contributed by atoms with van der Waals surface area (Å²) in [6, 6.07) is 8.85. The highest BCUT2D eigenvalue weighted by atomic mass is 32.2. The molecule has 0 spiro atoms. The average molecular weight is 295 g/mol. The Kier molecular flexibility index (Phi) is 6.54. The summed E-state index contributed by atoms with van der Waals surface area (Å²) in [5.74, 6) is 2.65. The molecule has 1 fully saturated rings. The van der Waals surface area contributed by atoms with E-state index in [1.54, 1.807) is 0 Å². The molecular formula is C16H25NO2S. The maximum absolute atomic E-state index is 11.3. The third kappa shape index (κ3) is 5.25. The zero-order chi connectivity index (χ0) is 14.2. The van der Waals surface area contributed by atoms with Crippen LogP contribution in [0.5, 0.6) is 5.75 Å². The van der Waals surface area contributed by atoms with Crippen LogP contribution < -0.4 is 10.1 Å². The Balaban J connectivity index is 1.72. The minimum absolute atomic E-state index is 0.521. The molecule has 0 bridgehead atoms. The number of nitrogens with one attached hydrogen (secondary N) is 1. The van der Waals surface area contributed by atoms with E-state index in [1.165, 1.54) is 5.56 Å². The number of benzene rings is 1. The van der Waals surface area contributed by atoms with Crippen molar-refractivity contribution in [3.05, 3.63) is 29.8 Å².